The van der Waals surface area contributed by atoms with Gasteiger partial charge in [-0.05, 0) is 46.5 Å². The molecule has 28 heavy (non-hydrogen) atoms. The van der Waals surface area contributed by atoms with Crippen molar-refractivity contribution in [3.63, 3.8) is 0 Å². The Kier molecular flexibility index (Phi) is 6.98. The number of ketones is 1. The summed E-state index contributed by atoms with van der Waals surface area (Å²) in [6.07, 6.45) is 2.85. The maximum Gasteiger partial charge on any atom is 0.315 e. The van der Waals surface area contributed by atoms with Crippen LogP contribution < -0.4 is 21.3 Å². The lowest BCUT2D eigenvalue weighted by Gasteiger charge is -2.25. The van der Waals surface area contributed by atoms with Crippen LogP contribution in [0.5, 0.6) is 0 Å². The van der Waals surface area contributed by atoms with Crippen molar-refractivity contribution in [1.29, 1.82) is 0 Å². The molecule has 1 aliphatic heterocycles. The molecule has 0 radical (unpaired) electrons. The molecule has 10 heteroatoms. The van der Waals surface area contributed by atoms with Crippen molar-refractivity contribution in [2.75, 3.05) is 19.6 Å². The maximum atomic E-state index is 12.4. The summed E-state index contributed by atoms with van der Waals surface area (Å²) < 4.78 is 0. The molecule has 1 saturated carbocycles. The average molecular weight is 395 g/mol. The van der Waals surface area contributed by atoms with Gasteiger partial charge in [-0.15, -0.1) is 0 Å². The second-order valence-corrected chi connectivity index (χ2v) is 8.19. The summed E-state index contributed by atoms with van der Waals surface area (Å²) in [7, 11) is 0. The molecule has 2 rings (SSSR count). The van der Waals surface area contributed by atoms with E-state index in [1.54, 1.807) is 0 Å². The average Bonchev–Trinajstić information content (AvgIpc) is 3.27. The lowest BCUT2D eigenvalue weighted by molar-refractivity contribution is -0.140. The standard InChI is InChI=1S/C18H29N5O5/c1-18(2,3)22-17(28)20-10-14(25)23-8-4-5-12(23)15(26)19-9-13(24)16(27)21-11-6-7-11/h11-12H,4-10H2,1-3H3,(H,19,26)(H,21,27)(H2,20,22,28)/t12-/m0/s1. The molecule has 5 amide bonds. The van der Waals surface area contributed by atoms with Crippen LogP contribution in [0.1, 0.15) is 46.5 Å². The van der Waals surface area contributed by atoms with Crippen LogP contribution >= 0.6 is 0 Å². The van der Waals surface area contributed by atoms with Gasteiger partial charge in [-0.1, -0.05) is 0 Å². The lowest BCUT2D eigenvalue weighted by Crippen LogP contribution is -2.52. The second-order valence-electron chi connectivity index (χ2n) is 8.19. The van der Waals surface area contributed by atoms with Crippen molar-refractivity contribution >= 4 is 29.5 Å². The summed E-state index contributed by atoms with van der Waals surface area (Å²) in [6, 6.07) is -1.11. The van der Waals surface area contributed by atoms with Crippen LogP contribution in [0.15, 0.2) is 0 Å². The predicted octanol–water partition coefficient (Wildman–Crippen LogP) is -0.961. The minimum absolute atomic E-state index is 0.0677. The largest absolute Gasteiger partial charge is 0.347 e. The highest BCUT2D eigenvalue weighted by Gasteiger charge is 2.34. The number of nitrogens with one attached hydrogen (secondary N) is 4. The molecule has 0 aromatic carbocycles. The monoisotopic (exact) mass is 395 g/mol. The summed E-state index contributed by atoms with van der Waals surface area (Å²) in [5, 5.41) is 10.2. The second kappa shape index (κ2) is 9.03. The minimum atomic E-state index is -0.711. The highest BCUT2D eigenvalue weighted by molar-refractivity contribution is 6.37. The number of Topliss-reactive ketones (excluding diaryl/α,β-unsaturated/α-hetero) is 1. The molecule has 1 heterocycles. The van der Waals surface area contributed by atoms with E-state index in [2.05, 4.69) is 21.3 Å². The number of nitrogens with zero attached hydrogens (tertiary/aromatic N) is 1. The molecule has 156 valence electrons. The van der Waals surface area contributed by atoms with Gasteiger partial charge >= 0.3 is 6.03 Å². The van der Waals surface area contributed by atoms with Crippen molar-refractivity contribution in [2.24, 2.45) is 0 Å². The summed E-state index contributed by atoms with van der Waals surface area (Å²) in [6.45, 7) is 5.23. The smallest absolute Gasteiger partial charge is 0.315 e. The highest BCUT2D eigenvalue weighted by atomic mass is 16.2. The minimum Gasteiger partial charge on any atom is -0.347 e. The maximum absolute atomic E-state index is 12.4. The molecule has 0 unspecified atom stereocenters. The van der Waals surface area contributed by atoms with Crippen LogP contribution in [0.3, 0.4) is 0 Å². The number of hydrogen-bond acceptors (Lipinski definition) is 5. The van der Waals surface area contributed by atoms with Gasteiger partial charge in [-0.3, -0.25) is 19.2 Å². The van der Waals surface area contributed by atoms with E-state index >= 15 is 0 Å². The van der Waals surface area contributed by atoms with Gasteiger partial charge in [0.15, 0.2) is 0 Å². The molecule has 1 saturated heterocycles. The van der Waals surface area contributed by atoms with Gasteiger partial charge in [0.05, 0.1) is 13.1 Å². The van der Waals surface area contributed by atoms with E-state index < -0.39 is 41.8 Å². The molecule has 0 aromatic heterocycles. The SMILES string of the molecule is CC(C)(C)NC(=O)NCC(=O)N1CCC[C@H]1C(=O)NCC(=O)C(=O)NC1CC1. The molecule has 1 aliphatic carbocycles. The van der Waals surface area contributed by atoms with Crippen LogP contribution in [-0.2, 0) is 19.2 Å². The van der Waals surface area contributed by atoms with E-state index in [1.807, 2.05) is 20.8 Å². The first-order valence-corrected chi connectivity index (χ1v) is 9.53. The molecule has 2 aliphatic rings. The number of carbonyl (C=O) groups is 5. The van der Waals surface area contributed by atoms with Gasteiger partial charge in [0.1, 0.15) is 6.04 Å². The van der Waals surface area contributed by atoms with Crippen LogP contribution in [0.4, 0.5) is 4.79 Å². The Morgan fingerprint density at radius 1 is 0.964 bits per heavy atom. The number of amides is 5. The molecule has 4 N–H and O–H groups in total. The Hall–Kier alpha value is -2.65. The van der Waals surface area contributed by atoms with Crippen LogP contribution in [0.25, 0.3) is 0 Å². The fourth-order valence-corrected chi connectivity index (χ4v) is 2.84. The van der Waals surface area contributed by atoms with Crippen LogP contribution in [0, 0.1) is 0 Å². The third-order valence-electron chi connectivity index (χ3n) is 4.35. The van der Waals surface area contributed by atoms with Crippen molar-refractivity contribution in [3.05, 3.63) is 0 Å². The van der Waals surface area contributed by atoms with Gasteiger partial charge in [0.25, 0.3) is 5.91 Å². The molecule has 0 aromatic rings. The number of rotatable bonds is 7. The Morgan fingerprint density at radius 3 is 2.25 bits per heavy atom. The molecular formula is C18H29N5O5. The molecule has 10 nitrogen and oxygen atoms in total. The predicted molar refractivity (Wildman–Crippen MR) is 100 cm³/mol. The Morgan fingerprint density at radius 2 is 1.64 bits per heavy atom. The number of hydrogen-bond donors (Lipinski definition) is 4. The first-order chi connectivity index (χ1) is 13.1. The number of carbonyl (C=O) groups excluding carboxylic acids is 5. The zero-order valence-electron chi connectivity index (χ0n) is 16.6. The van der Waals surface area contributed by atoms with Gasteiger partial charge < -0.3 is 26.2 Å². The van der Waals surface area contributed by atoms with Gasteiger partial charge in [-0.25, -0.2) is 4.79 Å². The Bertz CT molecular complexity index is 653. The first-order valence-electron chi connectivity index (χ1n) is 9.53. The van der Waals surface area contributed by atoms with E-state index in [0.717, 1.165) is 12.8 Å². The molecule has 0 spiro atoms. The number of urea groups is 1. The fraction of sp³-hybridized carbons (Fsp3) is 0.722. The summed E-state index contributed by atoms with van der Waals surface area (Å²) in [4.78, 5) is 61.3. The Balaban J connectivity index is 1.77. The third kappa shape index (κ3) is 6.82. The van der Waals surface area contributed by atoms with E-state index in [-0.39, 0.29) is 18.5 Å². The van der Waals surface area contributed by atoms with Crippen molar-refractivity contribution < 1.29 is 24.0 Å². The molecule has 0 bridgehead atoms. The molecule has 1 atom stereocenters. The summed E-state index contributed by atoms with van der Waals surface area (Å²) in [5.74, 6) is -2.26. The van der Waals surface area contributed by atoms with Gasteiger partial charge in [0, 0.05) is 18.1 Å². The zero-order chi connectivity index (χ0) is 20.9. The highest BCUT2D eigenvalue weighted by Crippen LogP contribution is 2.18. The van der Waals surface area contributed by atoms with E-state index in [1.165, 1.54) is 4.90 Å². The van der Waals surface area contributed by atoms with Crippen molar-refractivity contribution in [2.45, 2.75) is 64.1 Å². The molecule has 2 fully saturated rings. The fourth-order valence-electron chi connectivity index (χ4n) is 2.84. The Labute approximate surface area is 164 Å². The van der Waals surface area contributed by atoms with E-state index in [4.69, 9.17) is 0 Å². The van der Waals surface area contributed by atoms with Gasteiger partial charge in [-0.2, -0.15) is 0 Å². The quantitative estimate of drug-likeness (QED) is 0.412. The van der Waals surface area contributed by atoms with Gasteiger partial charge in [0.2, 0.25) is 17.6 Å². The van der Waals surface area contributed by atoms with E-state index in [0.29, 0.717) is 19.4 Å². The van der Waals surface area contributed by atoms with Crippen LogP contribution in [-0.4, -0.2) is 71.7 Å². The number of likely N-dealkylation sites (tertiary alicyclic amines) is 1. The van der Waals surface area contributed by atoms with Crippen LogP contribution in [0.2, 0.25) is 0 Å². The normalized spacial score (nSPS) is 19.0. The first kappa shape index (κ1) is 21.6. The topological polar surface area (TPSA) is 137 Å². The summed E-state index contributed by atoms with van der Waals surface area (Å²) in [5.41, 5.74) is -0.429. The van der Waals surface area contributed by atoms with Crippen molar-refractivity contribution in [3.8, 4) is 0 Å². The van der Waals surface area contributed by atoms with E-state index in [9.17, 15) is 24.0 Å². The third-order valence-corrected chi connectivity index (χ3v) is 4.35. The lowest BCUT2D eigenvalue weighted by atomic mass is 10.1. The van der Waals surface area contributed by atoms with Crippen molar-refractivity contribution in [1.82, 2.24) is 26.2 Å². The molecular weight excluding hydrogens is 366 g/mol. The summed E-state index contributed by atoms with van der Waals surface area (Å²) >= 11 is 0. The zero-order valence-corrected chi connectivity index (χ0v) is 16.6.